The Labute approximate surface area is 144 Å². The number of sulfonamides is 1. The van der Waals surface area contributed by atoms with Gasteiger partial charge in [0.25, 0.3) is 10.0 Å². The third-order valence-corrected chi connectivity index (χ3v) is 4.85. The number of aryl methyl sites for hydroxylation is 1. The van der Waals surface area contributed by atoms with Crippen LogP contribution in [0.3, 0.4) is 0 Å². The Balaban J connectivity index is 2.41. The van der Waals surface area contributed by atoms with Crippen LogP contribution in [0.5, 0.6) is 0 Å². The highest BCUT2D eigenvalue weighted by Crippen LogP contribution is 2.25. The van der Waals surface area contributed by atoms with Crippen molar-refractivity contribution in [1.82, 2.24) is 0 Å². The summed E-state index contributed by atoms with van der Waals surface area (Å²) in [6.45, 7) is 1.69. The maximum Gasteiger partial charge on any atom is 0.338 e. The molecule has 2 rings (SSSR count). The molecule has 8 heteroatoms. The van der Waals surface area contributed by atoms with Crippen LogP contribution < -0.4 is 4.72 Å². The average Bonchev–Trinajstić information content (AvgIpc) is 2.45. The summed E-state index contributed by atoms with van der Waals surface area (Å²) in [5.41, 5.74) is 1.02. The Bertz CT molecular complexity index is 846. The second-order valence-corrected chi connectivity index (χ2v) is 7.29. The SMILES string of the molecule is COC(=O)c1cc(S(=O)(=O)Nc2cc(Cl)cc(Cl)c2)ccc1C. The van der Waals surface area contributed by atoms with Gasteiger partial charge in [0.15, 0.2) is 0 Å². The molecule has 0 amide bonds. The number of hydrogen-bond donors (Lipinski definition) is 1. The van der Waals surface area contributed by atoms with Gasteiger partial charge in [0.2, 0.25) is 0 Å². The van der Waals surface area contributed by atoms with Crippen LogP contribution in [0.4, 0.5) is 5.69 Å². The van der Waals surface area contributed by atoms with Crippen molar-refractivity contribution >= 4 is 44.9 Å². The summed E-state index contributed by atoms with van der Waals surface area (Å²) in [7, 11) is -2.67. The number of esters is 1. The Hall–Kier alpha value is -1.76. The molecule has 0 heterocycles. The Morgan fingerprint density at radius 2 is 1.70 bits per heavy atom. The van der Waals surface area contributed by atoms with Crippen LogP contribution in [-0.4, -0.2) is 21.5 Å². The number of hydrogen-bond acceptors (Lipinski definition) is 4. The molecule has 23 heavy (non-hydrogen) atoms. The number of rotatable bonds is 4. The normalized spacial score (nSPS) is 11.1. The number of ether oxygens (including phenoxy) is 1. The zero-order valence-electron chi connectivity index (χ0n) is 12.3. The quantitative estimate of drug-likeness (QED) is 0.825. The topological polar surface area (TPSA) is 72.5 Å². The maximum atomic E-state index is 12.4. The van der Waals surface area contributed by atoms with Crippen molar-refractivity contribution in [2.24, 2.45) is 0 Å². The molecule has 1 N–H and O–H groups in total. The van der Waals surface area contributed by atoms with E-state index in [1.807, 2.05) is 0 Å². The second-order valence-electron chi connectivity index (χ2n) is 4.73. The van der Waals surface area contributed by atoms with Crippen molar-refractivity contribution in [1.29, 1.82) is 0 Å². The van der Waals surface area contributed by atoms with E-state index in [-0.39, 0.29) is 16.1 Å². The molecule has 0 unspecified atom stereocenters. The van der Waals surface area contributed by atoms with Crippen molar-refractivity contribution in [3.8, 4) is 0 Å². The first-order valence-electron chi connectivity index (χ1n) is 6.41. The summed E-state index contributed by atoms with van der Waals surface area (Å²) in [6.07, 6.45) is 0. The predicted octanol–water partition coefficient (Wildman–Crippen LogP) is 3.89. The van der Waals surface area contributed by atoms with Gasteiger partial charge in [-0.25, -0.2) is 13.2 Å². The standard InChI is InChI=1S/C15H13Cl2NO4S/c1-9-3-4-13(8-14(9)15(19)22-2)23(20,21)18-12-6-10(16)5-11(17)7-12/h3-8,18H,1-2H3. The number of halogens is 2. The minimum Gasteiger partial charge on any atom is -0.465 e. The third kappa shape index (κ3) is 4.16. The molecule has 0 aliphatic heterocycles. The van der Waals surface area contributed by atoms with E-state index >= 15 is 0 Å². The molecule has 0 spiro atoms. The molecule has 0 fully saturated rings. The van der Waals surface area contributed by atoms with Crippen LogP contribution >= 0.6 is 23.2 Å². The molecule has 5 nitrogen and oxygen atoms in total. The van der Waals surface area contributed by atoms with Gasteiger partial charge in [0.1, 0.15) is 0 Å². The van der Waals surface area contributed by atoms with Crippen LogP contribution in [0.15, 0.2) is 41.3 Å². The van der Waals surface area contributed by atoms with Gasteiger partial charge in [-0.3, -0.25) is 4.72 Å². The maximum absolute atomic E-state index is 12.4. The molecule has 0 aliphatic rings. The fourth-order valence-electron chi connectivity index (χ4n) is 1.92. The molecule has 0 bridgehead atoms. The summed E-state index contributed by atoms with van der Waals surface area (Å²) >= 11 is 11.7. The lowest BCUT2D eigenvalue weighted by molar-refractivity contribution is 0.0599. The van der Waals surface area contributed by atoms with Crippen molar-refractivity contribution in [3.63, 3.8) is 0 Å². The Morgan fingerprint density at radius 1 is 1.09 bits per heavy atom. The molecule has 2 aromatic carbocycles. The first kappa shape index (κ1) is 17.6. The molecule has 0 saturated heterocycles. The first-order chi connectivity index (χ1) is 10.7. The van der Waals surface area contributed by atoms with Gasteiger partial charge in [-0.1, -0.05) is 29.3 Å². The summed E-state index contributed by atoms with van der Waals surface area (Å²) in [6, 6.07) is 8.54. The summed E-state index contributed by atoms with van der Waals surface area (Å²) in [5.74, 6) is -0.606. The molecule has 122 valence electrons. The first-order valence-corrected chi connectivity index (χ1v) is 8.65. The summed E-state index contributed by atoms with van der Waals surface area (Å²) in [4.78, 5) is 11.6. The van der Waals surface area contributed by atoms with E-state index < -0.39 is 16.0 Å². The van der Waals surface area contributed by atoms with Gasteiger partial charge in [-0.2, -0.15) is 0 Å². The number of carbonyl (C=O) groups excluding carboxylic acids is 1. The number of methoxy groups -OCH3 is 1. The molecular weight excluding hydrogens is 361 g/mol. The highest BCUT2D eigenvalue weighted by Gasteiger charge is 2.19. The van der Waals surface area contributed by atoms with Crippen molar-refractivity contribution in [3.05, 3.63) is 57.6 Å². The molecule has 0 aliphatic carbocycles. The van der Waals surface area contributed by atoms with E-state index in [2.05, 4.69) is 9.46 Å². The largest absolute Gasteiger partial charge is 0.465 e. The van der Waals surface area contributed by atoms with Crippen LogP contribution in [0, 0.1) is 6.92 Å². The predicted molar refractivity (Wildman–Crippen MR) is 89.8 cm³/mol. The van der Waals surface area contributed by atoms with E-state index in [9.17, 15) is 13.2 Å². The Morgan fingerprint density at radius 3 is 2.26 bits per heavy atom. The summed E-state index contributed by atoms with van der Waals surface area (Å²) < 4.78 is 31.9. The van der Waals surface area contributed by atoms with E-state index in [4.69, 9.17) is 23.2 Å². The fourth-order valence-corrected chi connectivity index (χ4v) is 3.52. The molecule has 0 saturated carbocycles. The lowest BCUT2D eigenvalue weighted by Crippen LogP contribution is -2.14. The molecular formula is C15H13Cl2NO4S. The van der Waals surface area contributed by atoms with Crippen LogP contribution in [0.1, 0.15) is 15.9 Å². The minimum absolute atomic E-state index is 0.0698. The van der Waals surface area contributed by atoms with Gasteiger partial charge >= 0.3 is 5.97 Å². The van der Waals surface area contributed by atoms with E-state index in [1.165, 1.54) is 43.5 Å². The lowest BCUT2D eigenvalue weighted by Gasteiger charge is -2.11. The second kappa shape index (κ2) is 6.78. The monoisotopic (exact) mass is 373 g/mol. The molecule has 0 radical (unpaired) electrons. The van der Waals surface area contributed by atoms with Gasteiger partial charge in [0, 0.05) is 10.0 Å². The zero-order valence-corrected chi connectivity index (χ0v) is 14.6. The number of nitrogens with one attached hydrogen (secondary N) is 1. The van der Waals surface area contributed by atoms with Crippen molar-refractivity contribution < 1.29 is 17.9 Å². The van der Waals surface area contributed by atoms with Gasteiger partial charge in [-0.05, 0) is 42.8 Å². The van der Waals surface area contributed by atoms with Crippen LogP contribution in [-0.2, 0) is 14.8 Å². The van der Waals surface area contributed by atoms with Crippen molar-refractivity contribution in [2.45, 2.75) is 11.8 Å². The van der Waals surface area contributed by atoms with E-state index in [0.717, 1.165) is 0 Å². The number of benzene rings is 2. The Kier molecular flexibility index (Phi) is 5.19. The van der Waals surface area contributed by atoms with Gasteiger partial charge in [-0.15, -0.1) is 0 Å². The van der Waals surface area contributed by atoms with E-state index in [1.54, 1.807) is 6.92 Å². The number of carbonyl (C=O) groups is 1. The molecule has 2 aromatic rings. The van der Waals surface area contributed by atoms with Gasteiger partial charge < -0.3 is 4.74 Å². The van der Waals surface area contributed by atoms with Crippen molar-refractivity contribution in [2.75, 3.05) is 11.8 Å². The smallest absolute Gasteiger partial charge is 0.338 e. The number of anilines is 1. The van der Waals surface area contributed by atoms with E-state index in [0.29, 0.717) is 15.6 Å². The minimum atomic E-state index is -3.90. The van der Waals surface area contributed by atoms with Gasteiger partial charge in [0.05, 0.1) is 23.3 Å². The highest BCUT2D eigenvalue weighted by atomic mass is 35.5. The summed E-state index contributed by atoms with van der Waals surface area (Å²) in [5, 5.41) is 0.601. The van der Waals surface area contributed by atoms with Crippen LogP contribution in [0.2, 0.25) is 10.0 Å². The highest BCUT2D eigenvalue weighted by molar-refractivity contribution is 7.92. The average molecular weight is 374 g/mol. The third-order valence-electron chi connectivity index (χ3n) is 3.04. The fraction of sp³-hybridized carbons (Fsp3) is 0.133. The van der Waals surface area contributed by atoms with Crippen LogP contribution in [0.25, 0.3) is 0 Å². The zero-order chi connectivity index (χ0) is 17.2. The lowest BCUT2D eigenvalue weighted by atomic mass is 10.1. The molecule has 0 aromatic heterocycles. The molecule has 0 atom stereocenters.